The summed E-state index contributed by atoms with van der Waals surface area (Å²) in [6, 6.07) is 7.82. The molecule has 0 saturated carbocycles. The molecule has 1 aromatic carbocycles. The minimum absolute atomic E-state index is 0.500. The summed E-state index contributed by atoms with van der Waals surface area (Å²) in [4.78, 5) is 0. The molecule has 0 radical (unpaired) electrons. The van der Waals surface area contributed by atoms with Gasteiger partial charge < -0.3 is 0 Å². The molecule has 2 nitrogen and oxygen atoms in total. The van der Waals surface area contributed by atoms with Crippen molar-refractivity contribution in [2.75, 3.05) is 0 Å². The Morgan fingerprint density at radius 2 is 1.94 bits per heavy atom. The van der Waals surface area contributed by atoms with Crippen molar-refractivity contribution in [3.8, 4) is 0 Å². The van der Waals surface area contributed by atoms with E-state index in [4.69, 9.17) is 23.2 Å². The van der Waals surface area contributed by atoms with Crippen molar-refractivity contribution in [1.29, 1.82) is 0 Å². The minimum atomic E-state index is 0.500. The number of aromatic nitrogens is 2. The molecule has 0 saturated heterocycles. The number of alkyl halides is 1. The van der Waals surface area contributed by atoms with Gasteiger partial charge in [-0.2, -0.15) is 5.10 Å². The molecule has 4 heteroatoms. The molecule has 2 aromatic rings. The number of benzene rings is 1. The highest BCUT2D eigenvalue weighted by molar-refractivity contribution is 6.31. The Bertz CT molecular complexity index is 532. The van der Waals surface area contributed by atoms with Crippen molar-refractivity contribution in [3.63, 3.8) is 0 Å². The first kappa shape index (κ1) is 12.5. The molecule has 1 heterocycles. The van der Waals surface area contributed by atoms with E-state index in [0.29, 0.717) is 12.4 Å². The van der Waals surface area contributed by atoms with E-state index in [9.17, 15) is 0 Å². The molecule has 0 atom stereocenters. The Balaban J connectivity index is 2.34. The van der Waals surface area contributed by atoms with E-state index in [-0.39, 0.29) is 0 Å². The van der Waals surface area contributed by atoms with Gasteiger partial charge in [0.25, 0.3) is 0 Å². The lowest BCUT2D eigenvalue weighted by Gasteiger charge is -2.06. The fourth-order valence-corrected chi connectivity index (χ4v) is 2.45. The van der Waals surface area contributed by atoms with Crippen LogP contribution in [0.5, 0.6) is 0 Å². The molecular weight excluding hydrogens is 255 g/mol. The summed E-state index contributed by atoms with van der Waals surface area (Å²) < 4.78 is 1.95. The van der Waals surface area contributed by atoms with Crippen LogP contribution < -0.4 is 0 Å². The molecule has 0 spiro atoms. The van der Waals surface area contributed by atoms with Gasteiger partial charge in [-0.3, -0.25) is 4.68 Å². The van der Waals surface area contributed by atoms with Gasteiger partial charge in [0.2, 0.25) is 0 Å². The highest BCUT2D eigenvalue weighted by Crippen LogP contribution is 2.20. The maximum atomic E-state index is 6.14. The van der Waals surface area contributed by atoms with Crippen LogP contribution in [0.3, 0.4) is 0 Å². The second kappa shape index (κ2) is 5.11. The molecule has 0 bridgehead atoms. The van der Waals surface area contributed by atoms with E-state index in [1.807, 2.05) is 42.8 Å². The number of rotatable bonds is 3. The quantitative estimate of drug-likeness (QED) is 0.772. The fraction of sp³-hybridized carbons (Fsp3) is 0.308. The van der Waals surface area contributed by atoms with Crippen LogP contribution in [-0.4, -0.2) is 9.78 Å². The number of hydrogen-bond donors (Lipinski definition) is 0. The molecule has 17 heavy (non-hydrogen) atoms. The highest BCUT2D eigenvalue weighted by Gasteiger charge is 2.11. The first-order valence-corrected chi connectivity index (χ1v) is 6.37. The van der Waals surface area contributed by atoms with E-state index in [2.05, 4.69) is 5.10 Å². The monoisotopic (exact) mass is 268 g/mol. The summed E-state index contributed by atoms with van der Waals surface area (Å²) in [5.74, 6) is 0.500. The summed E-state index contributed by atoms with van der Waals surface area (Å²) in [7, 11) is 0. The average Bonchev–Trinajstić information content (AvgIpc) is 2.57. The summed E-state index contributed by atoms with van der Waals surface area (Å²) in [6.45, 7) is 4.70. The maximum Gasteiger partial charge on any atom is 0.0677 e. The van der Waals surface area contributed by atoms with Gasteiger partial charge in [0.05, 0.1) is 18.1 Å². The second-order valence-electron chi connectivity index (χ2n) is 4.03. The molecule has 1 aromatic heterocycles. The first-order valence-electron chi connectivity index (χ1n) is 5.45. The highest BCUT2D eigenvalue weighted by atomic mass is 35.5. The molecule has 0 fully saturated rings. The lowest BCUT2D eigenvalue weighted by molar-refractivity contribution is 0.658. The van der Waals surface area contributed by atoms with Crippen LogP contribution in [0, 0.1) is 13.8 Å². The molecule has 2 rings (SSSR count). The van der Waals surface area contributed by atoms with Crippen LogP contribution in [-0.2, 0) is 12.4 Å². The van der Waals surface area contributed by atoms with Gasteiger partial charge in [0.15, 0.2) is 0 Å². The van der Waals surface area contributed by atoms with Crippen LogP contribution >= 0.6 is 23.2 Å². The van der Waals surface area contributed by atoms with Crippen LogP contribution in [0.4, 0.5) is 0 Å². The van der Waals surface area contributed by atoms with Crippen LogP contribution in [0.25, 0.3) is 0 Å². The lowest BCUT2D eigenvalue weighted by atomic mass is 10.2. The molecule has 0 aliphatic carbocycles. The van der Waals surface area contributed by atoms with E-state index in [1.165, 1.54) is 0 Å². The van der Waals surface area contributed by atoms with Gasteiger partial charge in [-0.25, -0.2) is 0 Å². The smallest absolute Gasteiger partial charge is 0.0677 e. The Morgan fingerprint density at radius 1 is 1.24 bits per heavy atom. The van der Waals surface area contributed by atoms with Gasteiger partial charge >= 0.3 is 0 Å². The number of halogens is 2. The number of aryl methyl sites for hydroxylation is 1. The third kappa shape index (κ3) is 2.48. The number of hydrogen-bond acceptors (Lipinski definition) is 1. The normalized spacial score (nSPS) is 10.8. The topological polar surface area (TPSA) is 17.8 Å². The zero-order chi connectivity index (χ0) is 12.4. The largest absolute Gasteiger partial charge is 0.265 e. The maximum absolute atomic E-state index is 6.14. The molecule has 0 aliphatic rings. The van der Waals surface area contributed by atoms with Gasteiger partial charge in [-0.1, -0.05) is 29.8 Å². The summed E-state index contributed by atoms with van der Waals surface area (Å²) >= 11 is 12.0. The zero-order valence-electron chi connectivity index (χ0n) is 9.87. The molecular formula is C13H14Cl2N2. The van der Waals surface area contributed by atoms with Crippen LogP contribution in [0.1, 0.15) is 22.5 Å². The third-order valence-corrected chi connectivity index (χ3v) is 3.58. The van der Waals surface area contributed by atoms with Crippen LogP contribution in [0.15, 0.2) is 24.3 Å². The molecule has 0 amide bonds. The van der Waals surface area contributed by atoms with Gasteiger partial charge in [0, 0.05) is 16.3 Å². The lowest BCUT2D eigenvalue weighted by Crippen LogP contribution is -2.04. The Labute approximate surface area is 111 Å². The second-order valence-corrected chi connectivity index (χ2v) is 4.71. The predicted molar refractivity (Wildman–Crippen MR) is 71.8 cm³/mol. The SMILES string of the molecule is Cc1nn(Cc2ccccc2Cl)c(C)c1CCl. The summed E-state index contributed by atoms with van der Waals surface area (Å²) in [6.07, 6.45) is 0. The molecule has 0 N–H and O–H groups in total. The number of nitrogens with zero attached hydrogens (tertiary/aromatic N) is 2. The Hall–Kier alpha value is -0.990. The van der Waals surface area contributed by atoms with E-state index in [1.54, 1.807) is 0 Å². The molecule has 90 valence electrons. The molecule has 0 aliphatic heterocycles. The minimum Gasteiger partial charge on any atom is -0.265 e. The zero-order valence-corrected chi connectivity index (χ0v) is 11.4. The van der Waals surface area contributed by atoms with E-state index >= 15 is 0 Å². The Morgan fingerprint density at radius 3 is 2.53 bits per heavy atom. The Kier molecular flexibility index (Phi) is 3.75. The van der Waals surface area contributed by atoms with E-state index in [0.717, 1.165) is 27.5 Å². The molecule has 0 unspecified atom stereocenters. The van der Waals surface area contributed by atoms with Crippen molar-refractivity contribution in [2.24, 2.45) is 0 Å². The van der Waals surface area contributed by atoms with Crippen molar-refractivity contribution in [2.45, 2.75) is 26.3 Å². The standard InChI is InChI=1S/C13H14Cl2N2/c1-9-12(7-14)10(2)17(16-9)8-11-5-3-4-6-13(11)15/h3-6H,7-8H2,1-2H3. The van der Waals surface area contributed by atoms with Gasteiger partial charge in [-0.05, 0) is 25.5 Å². The van der Waals surface area contributed by atoms with Crippen molar-refractivity contribution >= 4 is 23.2 Å². The van der Waals surface area contributed by atoms with Gasteiger partial charge in [0.1, 0.15) is 0 Å². The van der Waals surface area contributed by atoms with Crippen molar-refractivity contribution in [3.05, 3.63) is 51.8 Å². The summed E-state index contributed by atoms with van der Waals surface area (Å²) in [5, 5.41) is 5.26. The third-order valence-electron chi connectivity index (χ3n) is 2.94. The van der Waals surface area contributed by atoms with Crippen LogP contribution in [0.2, 0.25) is 5.02 Å². The summed E-state index contributed by atoms with van der Waals surface area (Å²) in [5.41, 5.74) is 4.28. The predicted octanol–water partition coefficient (Wildman–Crippen LogP) is 3.94. The fourth-order valence-electron chi connectivity index (χ4n) is 1.87. The van der Waals surface area contributed by atoms with Crippen molar-refractivity contribution in [1.82, 2.24) is 9.78 Å². The van der Waals surface area contributed by atoms with Crippen molar-refractivity contribution < 1.29 is 0 Å². The van der Waals surface area contributed by atoms with Gasteiger partial charge in [-0.15, -0.1) is 11.6 Å². The average molecular weight is 269 g/mol. The van der Waals surface area contributed by atoms with E-state index < -0.39 is 0 Å². The first-order chi connectivity index (χ1) is 8.13.